The molecule has 4 heterocycles. The number of aromatic nitrogens is 6. The lowest BCUT2D eigenvalue weighted by molar-refractivity contribution is 0.558. The molecule has 30 heavy (non-hydrogen) atoms. The van der Waals surface area contributed by atoms with Gasteiger partial charge in [0.25, 0.3) is 0 Å². The summed E-state index contributed by atoms with van der Waals surface area (Å²) in [7, 11) is 0. The molecule has 3 N–H and O–H groups in total. The van der Waals surface area contributed by atoms with Gasteiger partial charge in [-0.2, -0.15) is 5.10 Å². The van der Waals surface area contributed by atoms with Crippen molar-refractivity contribution < 1.29 is 4.42 Å². The van der Waals surface area contributed by atoms with Crippen LogP contribution in [-0.2, 0) is 0 Å². The highest BCUT2D eigenvalue weighted by Crippen LogP contribution is 2.27. The van der Waals surface area contributed by atoms with Crippen LogP contribution in [0.2, 0.25) is 0 Å². The molecular weight excluding hydrogens is 378 g/mol. The van der Waals surface area contributed by atoms with E-state index >= 15 is 0 Å². The number of hydrogen-bond donors (Lipinski definition) is 3. The van der Waals surface area contributed by atoms with Crippen LogP contribution in [0.4, 0.5) is 11.5 Å². The lowest BCUT2D eigenvalue weighted by atomic mass is 10.1. The maximum Gasteiger partial charge on any atom is 0.181 e. The van der Waals surface area contributed by atoms with Crippen LogP contribution in [0.5, 0.6) is 0 Å². The van der Waals surface area contributed by atoms with Gasteiger partial charge in [0.15, 0.2) is 12.2 Å². The molecule has 8 heteroatoms. The van der Waals surface area contributed by atoms with Crippen LogP contribution in [0.3, 0.4) is 0 Å². The average Bonchev–Trinajstić information content (AvgIpc) is 3.52. The molecule has 0 fully saturated rings. The summed E-state index contributed by atoms with van der Waals surface area (Å²) < 4.78 is 5.08. The Kier molecular flexibility index (Phi) is 3.60. The maximum absolute atomic E-state index is 5.08. The molecule has 0 bridgehead atoms. The fourth-order valence-electron chi connectivity index (χ4n) is 3.49. The smallest absolute Gasteiger partial charge is 0.181 e. The summed E-state index contributed by atoms with van der Waals surface area (Å²) >= 11 is 0. The van der Waals surface area contributed by atoms with Crippen molar-refractivity contribution >= 4 is 33.3 Å². The van der Waals surface area contributed by atoms with Gasteiger partial charge in [0.2, 0.25) is 0 Å². The van der Waals surface area contributed by atoms with E-state index < -0.39 is 0 Å². The van der Waals surface area contributed by atoms with Crippen LogP contribution >= 0.6 is 0 Å². The van der Waals surface area contributed by atoms with Crippen LogP contribution < -0.4 is 5.32 Å². The van der Waals surface area contributed by atoms with Crippen molar-refractivity contribution in [2.45, 2.75) is 0 Å². The van der Waals surface area contributed by atoms with Gasteiger partial charge in [0.1, 0.15) is 17.8 Å². The molecule has 144 valence electrons. The first-order valence-electron chi connectivity index (χ1n) is 9.37. The minimum atomic E-state index is 0.642. The molecule has 0 aliphatic heterocycles. The minimum Gasteiger partial charge on any atom is -0.451 e. The Bertz CT molecular complexity index is 1480. The van der Waals surface area contributed by atoms with Crippen molar-refractivity contribution in [3.63, 3.8) is 0 Å². The van der Waals surface area contributed by atoms with E-state index in [2.05, 4.69) is 35.5 Å². The van der Waals surface area contributed by atoms with Crippen LogP contribution in [0.25, 0.3) is 44.6 Å². The summed E-state index contributed by atoms with van der Waals surface area (Å²) in [5.74, 6) is 1.36. The Labute approximate surface area is 170 Å². The molecule has 0 atom stereocenters. The third-order valence-corrected chi connectivity index (χ3v) is 4.96. The number of H-pyrrole nitrogens is 2. The van der Waals surface area contributed by atoms with E-state index in [1.807, 2.05) is 48.5 Å². The van der Waals surface area contributed by atoms with E-state index in [1.54, 1.807) is 18.7 Å². The van der Waals surface area contributed by atoms with Crippen molar-refractivity contribution in [2.24, 2.45) is 0 Å². The molecular formula is C22H15N7O. The lowest BCUT2D eigenvalue weighted by Crippen LogP contribution is -1.96. The molecule has 0 unspecified atom stereocenters. The number of rotatable bonds is 4. The molecule has 0 radical (unpaired) electrons. The van der Waals surface area contributed by atoms with Crippen LogP contribution in [0.1, 0.15) is 0 Å². The number of anilines is 2. The Morgan fingerprint density at radius 3 is 2.83 bits per heavy atom. The van der Waals surface area contributed by atoms with E-state index in [-0.39, 0.29) is 0 Å². The second-order valence-corrected chi connectivity index (χ2v) is 6.92. The Morgan fingerprint density at radius 1 is 0.900 bits per heavy atom. The molecule has 6 aromatic rings. The number of benzene rings is 2. The predicted molar refractivity (Wildman–Crippen MR) is 114 cm³/mol. The normalized spacial score (nSPS) is 11.3. The van der Waals surface area contributed by atoms with Crippen molar-refractivity contribution in [1.29, 1.82) is 0 Å². The van der Waals surface area contributed by atoms with Crippen molar-refractivity contribution in [3.05, 3.63) is 73.6 Å². The number of hydrogen-bond acceptors (Lipinski definition) is 6. The van der Waals surface area contributed by atoms with Crippen molar-refractivity contribution in [1.82, 2.24) is 30.1 Å². The van der Waals surface area contributed by atoms with Gasteiger partial charge in [-0.1, -0.05) is 12.1 Å². The highest BCUT2D eigenvalue weighted by atomic mass is 16.3. The van der Waals surface area contributed by atoms with E-state index in [9.17, 15) is 0 Å². The molecule has 0 amide bonds. The topological polar surface area (TPSA) is 108 Å². The van der Waals surface area contributed by atoms with Crippen LogP contribution in [0, 0.1) is 0 Å². The maximum atomic E-state index is 5.08. The number of nitrogens with zero attached hydrogens (tertiary/aromatic N) is 4. The molecule has 6 rings (SSSR count). The van der Waals surface area contributed by atoms with Crippen molar-refractivity contribution in [3.8, 4) is 22.8 Å². The monoisotopic (exact) mass is 393 g/mol. The van der Waals surface area contributed by atoms with E-state index in [0.717, 1.165) is 50.3 Å². The summed E-state index contributed by atoms with van der Waals surface area (Å²) in [4.78, 5) is 16.7. The van der Waals surface area contributed by atoms with Crippen molar-refractivity contribution in [2.75, 3.05) is 5.32 Å². The van der Waals surface area contributed by atoms with Gasteiger partial charge in [-0.3, -0.25) is 5.10 Å². The fraction of sp³-hybridized carbons (Fsp3) is 0. The first-order valence-corrected chi connectivity index (χ1v) is 9.37. The number of fused-ring (bicyclic) bond motifs is 2. The van der Waals surface area contributed by atoms with Gasteiger partial charge >= 0.3 is 0 Å². The molecule has 0 aliphatic rings. The SMILES string of the molecule is c1cc(Nc2ccc3[nH]ncc3c2)nc(-c2ccc3cc(-c4cocn4)[nH]c3c2)n1. The average molecular weight is 393 g/mol. The van der Waals surface area contributed by atoms with E-state index in [0.29, 0.717) is 5.82 Å². The number of nitrogens with one attached hydrogen (secondary N) is 3. The zero-order chi connectivity index (χ0) is 19.9. The molecule has 2 aromatic carbocycles. The van der Waals surface area contributed by atoms with E-state index in [4.69, 9.17) is 4.42 Å². The predicted octanol–water partition coefficient (Wildman–Crippen LogP) is 4.90. The largest absolute Gasteiger partial charge is 0.451 e. The van der Waals surface area contributed by atoms with Crippen LogP contribution in [-0.4, -0.2) is 30.1 Å². The molecule has 0 spiro atoms. The van der Waals surface area contributed by atoms with Gasteiger partial charge in [0.05, 0.1) is 17.4 Å². The number of oxazole rings is 1. The Balaban J connectivity index is 1.32. The van der Waals surface area contributed by atoms with Gasteiger partial charge in [-0.15, -0.1) is 0 Å². The van der Waals surface area contributed by atoms with E-state index in [1.165, 1.54) is 6.39 Å². The number of aromatic amines is 2. The second kappa shape index (κ2) is 6.56. The van der Waals surface area contributed by atoms with Gasteiger partial charge in [-0.25, -0.2) is 15.0 Å². The van der Waals surface area contributed by atoms with Gasteiger partial charge in [0, 0.05) is 33.7 Å². The molecule has 0 saturated carbocycles. The standard InChI is InChI=1S/C22H15N7O/c1-2-14(9-18-13(1)8-19(27-18)20-11-30-12-24-20)22-23-6-5-21(28-22)26-16-3-4-17-15(7-16)10-25-29-17/h1-12,27H,(H,25,29)(H,23,26,28). The Hall–Kier alpha value is -4.46. The van der Waals surface area contributed by atoms with Crippen LogP contribution in [0.15, 0.2) is 78.0 Å². The first-order chi connectivity index (χ1) is 14.8. The third-order valence-electron chi connectivity index (χ3n) is 4.96. The third kappa shape index (κ3) is 2.87. The first kappa shape index (κ1) is 16.5. The zero-order valence-electron chi connectivity index (χ0n) is 15.6. The van der Waals surface area contributed by atoms with Gasteiger partial charge < -0.3 is 14.7 Å². The highest BCUT2D eigenvalue weighted by molar-refractivity contribution is 5.88. The molecule has 4 aromatic heterocycles. The minimum absolute atomic E-state index is 0.642. The summed E-state index contributed by atoms with van der Waals surface area (Å²) in [5, 5.41) is 12.5. The molecule has 0 aliphatic carbocycles. The lowest BCUT2D eigenvalue weighted by Gasteiger charge is -2.07. The highest BCUT2D eigenvalue weighted by Gasteiger charge is 2.09. The molecule has 0 saturated heterocycles. The zero-order valence-corrected chi connectivity index (χ0v) is 15.6. The Morgan fingerprint density at radius 2 is 1.90 bits per heavy atom. The fourth-order valence-corrected chi connectivity index (χ4v) is 3.49. The summed E-state index contributed by atoms with van der Waals surface area (Å²) in [6.07, 6.45) is 6.58. The second-order valence-electron chi connectivity index (χ2n) is 6.92. The van der Waals surface area contributed by atoms with Gasteiger partial charge in [-0.05, 0) is 36.4 Å². The summed E-state index contributed by atoms with van der Waals surface area (Å²) in [6, 6.07) is 16.0. The molecule has 8 nitrogen and oxygen atoms in total. The quantitative estimate of drug-likeness (QED) is 0.393. The summed E-state index contributed by atoms with van der Waals surface area (Å²) in [6.45, 7) is 0. The summed E-state index contributed by atoms with van der Waals surface area (Å²) in [5.41, 5.74) is 5.51.